The lowest BCUT2D eigenvalue weighted by molar-refractivity contribution is -0.690. The number of ether oxygens (including phenoxy) is 1. The van der Waals surface area contributed by atoms with Gasteiger partial charge < -0.3 is 25.1 Å². The van der Waals surface area contributed by atoms with E-state index in [9.17, 15) is 25.1 Å². The van der Waals surface area contributed by atoms with Crippen LogP contribution in [0.15, 0.2) is 12.1 Å². The number of rotatable bonds is 4. The maximum absolute atomic E-state index is 11.7. The first-order chi connectivity index (χ1) is 9.43. The van der Waals surface area contributed by atoms with Gasteiger partial charge in [-0.1, -0.05) is 11.8 Å². The molecule has 0 bridgehead atoms. The van der Waals surface area contributed by atoms with Crippen molar-refractivity contribution in [3.05, 3.63) is 27.8 Å². The zero-order chi connectivity index (χ0) is 14.9. The molecule has 0 spiro atoms. The van der Waals surface area contributed by atoms with Gasteiger partial charge in [0.05, 0.1) is 17.8 Å². The Kier molecular flexibility index (Phi) is 4.00. The molecule has 8 nitrogen and oxygen atoms in total. The summed E-state index contributed by atoms with van der Waals surface area (Å²) in [7, 11) is 1.25. The number of methoxy groups -OCH3 is 1. The summed E-state index contributed by atoms with van der Waals surface area (Å²) < 4.78 is 4.84. The van der Waals surface area contributed by atoms with Gasteiger partial charge >= 0.3 is 0 Å². The summed E-state index contributed by atoms with van der Waals surface area (Å²) in [5.41, 5.74) is -0.104. The number of benzene rings is 1. The molecule has 108 valence electrons. The third kappa shape index (κ3) is 2.63. The third-order valence-corrected chi connectivity index (χ3v) is 4.31. The molecule has 1 saturated heterocycles. The lowest BCUT2D eigenvalue weighted by atomic mass is 10.1. The molecule has 0 aliphatic carbocycles. The fourth-order valence-electron chi connectivity index (χ4n) is 1.94. The Morgan fingerprint density at radius 3 is 2.75 bits per heavy atom. The van der Waals surface area contributed by atoms with Crippen LogP contribution in [0.5, 0.6) is 11.5 Å². The Bertz CT molecular complexity index is 564. The average Bonchev–Trinajstić information content (AvgIpc) is 2.88. The molecule has 1 aliphatic heterocycles. The number of nitrogens with zero attached hydrogens (tertiary/aromatic N) is 1. The molecule has 0 saturated carbocycles. The minimum absolute atomic E-state index is 0.125. The monoisotopic (exact) mass is 299 g/mol. The van der Waals surface area contributed by atoms with Crippen molar-refractivity contribution >= 4 is 23.4 Å². The molecule has 1 aliphatic rings. The van der Waals surface area contributed by atoms with Crippen LogP contribution in [0.2, 0.25) is 0 Å². The molecule has 1 aromatic rings. The molecule has 9 heteroatoms. The van der Waals surface area contributed by atoms with Crippen LogP contribution in [0.3, 0.4) is 0 Å². The number of hydrogen-bond acceptors (Lipinski definition) is 7. The van der Waals surface area contributed by atoms with Crippen LogP contribution >= 0.6 is 11.8 Å². The summed E-state index contributed by atoms with van der Waals surface area (Å²) in [5, 5.41) is 34.5. The lowest BCUT2D eigenvalue weighted by Gasteiger charge is -2.16. The van der Waals surface area contributed by atoms with Gasteiger partial charge in [-0.3, -0.25) is 10.1 Å². The second kappa shape index (κ2) is 5.55. The van der Waals surface area contributed by atoms with E-state index in [0.29, 0.717) is 11.3 Å². The average molecular weight is 299 g/mol. The van der Waals surface area contributed by atoms with E-state index in [1.165, 1.54) is 24.9 Å². The molecular weight excluding hydrogens is 288 g/mol. The van der Waals surface area contributed by atoms with Crippen LogP contribution in [0.1, 0.15) is 10.9 Å². The van der Waals surface area contributed by atoms with Crippen molar-refractivity contribution < 1.29 is 30.0 Å². The second-order valence-corrected chi connectivity index (χ2v) is 5.37. The lowest BCUT2D eigenvalue weighted by Crippen LogP contribution is -2.90. The first-order valence-corrected chi connectivity index (χ1v) is 6.69. The first kappa shape index (κ1) is 14.4. The quantitative estimate of drug-likeness (QED) is 0.507. The van der Waals surface area contributed by atoms with Crippen LogP contribution in [0.4, 0.5) is 5.69 Å². The topological polar surface area (TPSA) is 132 Å². The van der Waals surface area contributed by atoms with Gasteiger partial charge in [0, 0.05) is 17.4 Å². The molecular formula is C11H11N2O6S-. The Morgan fingerprint density at radius 2 is 2.25 bits per heavy atom. The third-order valence-electron chi connectivity index (χ3n) is 2.97. The molecule has 0 aromatic heterocycles. The largest absolute Gasteiger partial charge is 0.865 e. The molecule has 2 N–H and O–H groups in total. The maximum Gasteiger partial charge on any atom is 0.265 e. The van der Waals surface area contributed by atoms with E-state index in [4.69, 9.17) is 4.74 Å². The highest BCUT2D eigenvalue weighted by Crippen LogP contribution is 2.38. The molecule has 1 aromatic carbocycles. The summed E-state index contributed by atoms with van der Waals surface area (Å²) >= 11 is 1.32. The van der Waals surface area contributed by atoms with Crippen molar-refractivity contribution in [1.29, 1.82) is 0 Å². The van der Waals surface area contributed by atoms with E-state index in [1.54, 1.807) is 5.32 Å². The van der Waals surface area contributed by atoms with E-state index in [-0.39, 0.29) is 11.1 Å². The molecule has 20 heavy (non-hydrogen) atoms. The van der Waals surface area contributed by atoms with E-state index >= 15 is 0 Å². The summed E-state index contributed by atoms with van der Waals surface area (Å²) in [6, 6.07) is 1.86. The number of nitro groups is 1. The Morgan fingerprint density at radius 1 is 1.55 bits per heavy atom. The van der Waals surface area contributed by atoms with Crippen LogP contribution in [0.25, 0.3) is 0 Å². The highest BCUT2D eigenvalue weighted by molar-refractivity contribution is 7.99. The zero-order valence-corrected chi connectivity index (χ0v) is 11.2. The number of thioether (sulfide) groups is 1. The number of carbonyl (C=O) groups excluding carboxylic acids is 1. The molecule has 0 amide bonds. The van der Waals surface area contributed by atoms with E-state index in [2.05, 4.69) is 0 Å². The van der Waals surface area contributed by atoms with Crippen LogP contribution < -0.4 is 20.3 Å². The Labute approximate surface area is 117 Å². The van der Waals surface area contributed by atoms with E-state index in [1.807, 2.05) is 0 Å². The van der Waals surface area contributed by atoms with Crippen molar-refractivity contribution in [2.75, 3.05) is 12.9 Å². The zero-order valence-electron chi connectivity index (χ0n) is 10.4. The van der Waals surface area contributed by atoms with E-state index < -0.39 is 28.4 Å². The minimum atomic E-state index is -1.18. The maximum atomic E-state index is 11.7. The number of carboxylic acids is 1. The van der Waals surface area contributed by atoms with Crippen LogP contribution in [0, 0.1) is 10.1 Å². The number of nitrogens with two attached hydrogens (primary N) is 1. The van der Waals surface area contributed by atoms with E-state index in [0.717, 1.165) is 6.07 Å². The predicted octanol–water partition coefficient (Wildman–Crippen LogP) is -1.90. The van der Waals surface area contributed by atoms with Gasteiger partial charge in [-0.2, -0.15) is 0 Å². The standard InChI is InChI=1S/C11H12N2O6S/c1-19-8-3-5(2-7(9(8)14)13(17)18)10-12-6(4-20-10)11(15)16/h2-3,6,10,12,14H,4H2,1H3,(H,15,16)/p-1/t6-,10+/m0/s1. The van der Waals surface area contributed by atoms with Crippen molar-refractivity contribution in [3.8, 4) is 11.5 Å². The Hall–Kier alpha value is -2.00. The normalized spacial score (nSPS) is 21.6. The number of nitro benzene ring substituents is 1. The molecule has 0 unspecified atom stereocenters. The fourth-order valence-corrected chi connectivity index (χ4v) is 3.23. The summed E-state index contributed by atoms with van der Waals surface area (Å²) in [6.07, 6.45) is 0. The van der Waals surface area contributed by atoms with Crippen molar-refractivity contribution in [2.24, 2.45) is 0 Å². The smallest absolute Gasteiger partial charge is 0.265 e. The highest BCUT2D eigenvalue weighted by atomic mass is 32.2. The summed E-state index contributed by atoms with van der Waals surface area (Å²) in [4.78, 5) is 20.9. The number of carboxylic acid groups (broad SMARTS) is 1. The van der Waals surface area contributed by atoms with Crippen molar-refractivity contribution in [2.45, 2.75) is 11.4 Å². The summed E-state index contributed by atoms with van der Waals surface area (Å²) in [5.74, 6) is -1.76. The van der Waals surface area contributed by atoms with Gasteiger partial charge in [-0.25, -0.2) is 0 Å². The van der Waals surface area contributed by atoms with Crippen molar-refractivity contribution in [1.82, 2.24) is 0 Å². The fraction of sp³-hybridized carbons (Fsp3) is 0.364. The van der Waals surface area contributed by atoms with Crippen LogP contribution in [-0.4, -0.2) is 29.8 Å². The molecule has 1 heterocycles. The van der Waals surface area contributed by atoms with Gasteiger partial charge in [0.15, 0.2) is 5.37 Å². The van der Waals surface area contributed by atoms with Gasteiger partial charge in [-0.15, -0.1) is 0 Å². The predicted molar refractivity (Wildman–Crippen MR) is 65.0 cm³/mol. The van der Waals surface area contributed by atoms with Gasteiger partial charge in [0.25, 0.3) is 5.69 Å². The first-order valence-electron chi connectivity index (χ1n) is 5.64. The van der Waals surface area contributed by atoms with Gasteiger partial charge in [0.2, 0.25) is 0 Å². The van der Waals surface area contributed by atoms with Gasteiger partial charge in [-0.05, 0) is 6.07 Å². The molecule has 1 fully saturated rings. The molecule has 2 rings (SSSR count). The second-order valence-electron chi connectivity index (χ2n) is 4.20. The molecule has 0 radical (unpaired) electrons. The minimum Gasteiger partial charge on any atom is -0.865 e. The SMILES string of the molecule is COc1cc([C@@H]2[NH2+][C@H](C(=O)[O-])CS2)cc([N+](=O)[O-])c1[O-]. The Balaban J connectivity index is 2.35. The number of quaternary nitrogens is 1. The molecule has 2 atom stereocenters. The van der Waals surface area contributed by atoms with Gasteiger partial charge in [0.1, 0.15) is 17.8 Å². The number of hydrogen-bond donors (Lipinski definition) is 1. The van der Waals surface area contributed by atoms with Crippen LogP contribution in [-0.2, 0) is 4.79 Å². The number of carbonyl (C=O) groups is 1. The van der Waals surface area contributed by atoms with Crippen molar-refractivity contribution in [3.63, 3.8) is 0 Å². The number of aliphatic carboxylic acids is 1. The highest BCUT2D eigenvalue weighted by Gasteiger charge is 2.32. The summed E-state index contributed by atoms with van der Waals surface area (Å²) in [6.45, 7) is 0.